The fourth-order valence-corrected chi connectivity index (χ4v) is 3.21. The highest BCUT2D eigenvalue weighted by Gasteiger charge is 2.22. The molecule has 0 bridgehead atoms. The Balaban J connectivity index is 1.58. The number of rotatable bonds is 5. The molecule has 3 rings (SSSR count). The fourth-order valence-electron chi connectivity index (χ4n) is 3.21. The molecule has 0 saturated heterocycles. The zero-order valence-corrected chi connectivity index (χ0v) is 15.8. The molecule has 1 atom stereocenters. The van der Waals surface area contributed by atoms with Crippen LogP contribution in [0.1, 0.15) is 23.7 Å². The molecule has 1 aliphatic heterocycles. The third kappa shape index (κ3) is 4.61. The van der Waals surface area contributed by atoms with Crippen molar-refractivity contribution >= 4 is 5.91 Å². The van der Waals surface area contributed by atoms with E-state index in [1.807, 2.05) is 42.4 Å². The van der Waals surface area contributed by atoms with Gasteiger partial charge in [-0.05, 0) is 37.6 Å². The van der Waals surface area contributed by atoms with Crippen molar-refractivity contribution in [3.05, 3.63) is 59.4 Å². The van der Waals surface area contributed by atoms with Gasteiger partial charge in [0.15, 0.2) is 0 Å². The summed E-state index contributed by atoms with van der Waals surface area (Å²) in [6.07, 6.45) is 2.59. The predicted molar refractivity (Wildman–Crippen MR) is 102 cm³/mol. The Bertz CT molecular complexity index is 762. The second-order valence-corrected chi connectivity index (χ2v) is 7.05. The first-order chi connectivity index (χ1) is 12.5. The number of aryl methyl sites for hydroxylation is 1. The minimum absolute atomic E-state index is 0.104. The summed E-state index contributed by atoms with van der Waals surface area (Å²) in [4.78, 5) is 21.2. The van der Waals surface area contributed by atoms with Gasteiger partial charge in [-0.15, -0.1) is 0 Å². The lowest BCUT2D eigenvalue weighted by atomic mass is 10.1. The van der Waals surface area contributed by atoms with Crippen LogP contribution in [0.25, 0.3) is 0 Å². The highest BCUT2D eigenvalue weighted by molar-refractivity contribution is 5.78. The molecule has 0 spiro atoms. The monoisotopic (exact) mass is 353 g/mol. The van der Waals surface area contributed by atoms with E-state index in [1.54, 1.807) is 0 Å². The Morgan fingerprint density at radius 3 is 2.96 bits per heavy atom. The SMILES string of the molecule is Cc1ccnc(C[C@@H](C)N(C)C(=O)CN2CCOc3ccccc3C2)c1. The van der Waals surface area contributed by atoms with E-state index in [9.17, 15) is 4.79 Å². The summed E-state index contributed by atoms with van der Waals surface area (Å²) in [5.74, 6) is 1.05. The van der Waals surface area contributed by atoms with Crippen LogP contribution in [0.15, 0.2) is 42.6 Å². The second kappa shape index (κ2) is 8.32. The molecule has 1 aromatic heterocycles. The predicted octanol–water partition coefficient (Wildman–Crippen LogP) is 2.67. The first-order valence-electron chi connectivity index (χ1n) is 9.13. The average Bonchev–Trinajstić information content (AvgIpc) is 2.82. The van der Waals surface area contributed by atoms with Crippen molar-refractivity contribution in [2.45, 2.75) is 32.9 Å². The topological polar surface area (TPSA) is 45.7 Å². The summed E-state index contributed by atoms with van der Waals surface area (Å²) < 4.78 is 5.78. The van der Waals surface area contributed by atoms with Crippen molar-refractivity contribution < 1.29 is 9.53 Å². The number of likely N-dealkylation sites (N-methyl/N-ethyl adjacent to an activating group) is 1. The Morgan fingerprint density at radius 2 is 2.15 bits per heavy atom. The largest absolute Gasteiger partial charge is 0.492 e. The highest BCUT2D eigenvalue weighted by atomic mass is 16.5. The van der Waals surface area contributed by atoms with Gasteiger partial charge in [-0.1, -0.05) is 18.2 Å². The van der Waals surface area contributed by atoms with Gasteiger partial charge in [0, 0.05) is 50.1 Å². The minimum Gasteiger partial charge on any atom is -0.492 e. The normalized spacial score (nSPS) is 15.5. The third-order valence-electron chi connectivity index (χ3n) is 4.92. The van der Waals surface area contributed by atoms with Crippen LogP contribution in [0.2, 0.25) is 0 Å². The lowest BCUT2D eigenvalue weighted by Crippen LogP contribution is -2.43. The van der Waals surface area contributed by atoms with Gasteiger partial charge in [0.25, 0.3) is 0 Å². The molecular weight excluding hydrogens is 326 g/mol. The maximum atomic E-state index is 12.8. The molecule has 0 unspecified atom stereocenters. The molecule has 5 heteroatoms. The number of pyridine rings is 1. The Morgan fingerprint density at radius 1 is 1.35 bits per heavy atom. The number of fused-ring (bicyclic) bond motifs is 1. The number of ether oxygens (including phenoxy) is 1. The standard InChI is InChI=1S/C21H27N3O2/c1-16-8-9-22-19(12-16)13-17(2)23(3)21(25)15-24-10-11-26-20-7-5-4-6-18(20)14-24/h4-9,12,17H,10-11,13-15H2,1-3H3/t17-/m1/s1. The van der Waals surface area contributed by atoms with Crippen molar-refractivity contribution in [1.29, 1.82) is 0 Å². The Kier molecular flexibility index (Phi) is 5.89. The first kappa shape index (κ1) is 18.4. The first-order valence-corrected chi connectivity index (χ1v) is 9.13. The molecule has 2 aromatic rings. The number of nitrogens with zero attached hydrogens (tertiary/aromatic N) is 3. The lowest BCUT2D eigenvalue weighted by Gasteiger charge is -2.28. The lowest BCUT2D eigenvalue weighted by molar-refractivity contribution is -0.133. The molecule has 26 heavy (non-hydrogen) atoms. The summed E-state index contributed by atoms with van der Waals surface area (Å²) in [7, 11) is 1.88. The molecule has 0 radical (unpaired) electrons. The Hall–Kier alpha value is -2.40. The Labute approximate surface area is 155 Å². The van der Waals surface area contributed by atoms with Gasteiger partial charge in [0.05, 0.1) is 6.54 Å². The molecule has 0 fully saturated rings. The van der Waals surface area contributed by atoms with Crippen LogP contribution in [0, 0.1) is 6.92 Å². The van der Waals surface area contributed by atoms with Crippen LogP contribution < -0.4 is 4.74 Å². The number of aromatic nitrogens is 1. The van der Waals surface area contributed by atoms with Crippen molar-refractivity contribution in [3.8, 4) is 5.75 Å². The number of hydrogen-bond acceptors (Lipinski definition) is 4. The molecule has 1 amide bonds. The minimum atomic E-state index is 0.104. The van der Waals surface area contributed by atoms with Gasteiger partial charge < -0.3 is 9.64 Å². The van der Waals surface area contributed by atoms with E-state index in [0.29, 0.717) is 13.2 Å². The van der Waals surface area contributed by atoms with Crippen molar-refractivity contribution in [2.75, 3.05) is 26.7 Å². The van der Waals surface area contributed by atoms with E-state index in [-0.39, 0.29) is 11.9 Å². The van der Waals surface area contributed by atoms with E-state index >= 15 is 0 Å². The number of benzene rings is 1. The molecule has 138 valence electrons. The third-order valence-corrected chi connectivity index (χ3v) is 4.92. The maximum absolute atomic E-state index is 12.8. The van der Waals surface area contributed by atoms with Crippen LogP contribution in [0.5, 0.6) is 5.75 Å². The van der Waals surface area contributed by atoms with E-state index < -0.39 is 0 Å². The number of hydrogen-bond donors (Lipinski definition) is 0. The smallest absolute Gasteiger partial charge is 0.236 e. The number of carbonyl (C=O) groups excluding carboxylic acids is 1. The summed E-state index contributed by atoms with van der Waals surface area (Å²) in [6.45, 7) is 6.63. The fraction of sp³-hybridized carbons (Fsp3) is 0.429. The van der Waals surface area contributed by atoms with Crippen molar-refractivity contribution in [2.24, 2.45) is 0 Å². The summed E-state index contributed by atoms with van der Waals surface area (Å²) in [5.41, 5.74) is 3.35. The number of amides is 1. The molecule has 0 aliphatic carbocycles. The molecule has 0 N–H and O–H groups in total. The van der Waals surface area contributed by atoms with Crippen LogP contribution in [0.4, 0.5) is 0 Å². The highest BCUT2D eigenvalue weighted by Crippen LogP contribution is 2.22. The van der Waals surface area contributed by atoms with Gasteiger partial charge in [0.1, 0.15) is 12.4 Å². The average molecular weight is 353 g/mol. The zero-order chi connectivity index (χ0) is 18.5. The van der Waals surface area contributed by atoms with E-state index in [0.717, 1.165) is 36.5 Å². The zero-order valence-electron chi connectivity index (χ0n) is 15.8. The van der Waals surface area contributed by atoms with Crippen LogP contribution in [-0.4, -0.2) is 53.5 Å². The van der Waals surface area contributed by atoms with E-state index in [2.05, 4.69) is 35.9 Å². The van der Waals surface area contributed by atoms with Gasteiger partial charge >= 0.3 is 0 Å². The number of carbonyl (C=O) groups is 1. The summed E-state index contributed by atoms with van der Waals surface area (Å²) >= 11 is 0. The van der Waals surface area contributed by atoms with Crippen LogP contribution in [0.3, 0.4) is 0 Å². The molecule has 1 aliphatic rings. The number of para-hydroxylation sites is 1. The van der Waals surface area contributed by atoms with Gasteiger partial charge in [-0.3, -0.25) is 14.7 Å². The van der Waals surface area contributed by atoms with Crippen molar-refractivity contribution in [3.63, 3.8) is 0 Å². The van der Waals surface area contributed by atoms with Crippen molar-refractivity contribution in [1.82, 2.24) is 14.8 Å². The van der Waals surface area contributed by atoms with E-state index in [4.69, 9.17) is 4.74 Å². The second-order valence-electron chi connectivity index (χ2n) is 7.05. The van der Waals surface area contributed by atoms with Gasteiger partial charge in [-0.25, -0.2) is 0 Å². The van der Waals surface area contributed by atoms with Gasteiger partial charge in [-0.2, -0.15) is 0 Å². The molecule has 5 nitrogen and oxygen atoms in total. The van der Waals surface area contributed by atoms with Crippen LogP contribution in [-0.2, 0) is 17.8 Å². The summed E-state index contributed by atoms with van der Waals surface area (Å²) in [5, 5.41) is 0. The maximum Gasteiger partial charge on any atom is 0.236 e. The molecule has 0 saturated carbocycles. The van der Waals surface area contributed by atoms with E-state index in [1.165, 1.54) is 5.56 Å². The van der Waals surface area contributed by atoms with Crippen LogP contribution >= 0.6 is 0 Å². The molecule has 1 aromatic carbocycles. The molecular formula is C21H27N3O2. The van der Waals surface area contributed by atoms with Gasteiger partial charge in [0.2, 0.25) is 5.91 Å². The molecule has 2 heterocycles. The quantitative estimate of drug-likeness (QED) is 0.829. The summed E-state index contributed by atoms with van der Waals surface area (Å²) in [6, 6.07) is 12.2.